The van der Waals surface area contributed by atoms with Crippen molar-refractivity contribution in [3.8, 4) is 0 Å². The van der Waals surface area contributed by atoms with Crippen LogP contribution in [0.5, 0.6) is 0 Å². The topological polar surface area (TPSA) is 146 Å². The van der Waals surface area contributed by atoms with Crippen LogP contribution in [0, 0.1) is 5.41 Å². The summed E-state index contributed by atoms with van der Waals surface area (Å²) in [4.78, 5) is 0. The van der Waals surface area contributed by atoms with Crippen LogP contribution in [0.15, 0.2) is 0 Å². The van der Waals surface area contributed by atoms with Gasteiger partial charge >= 0.3 is 20.8 Å². The molecule has 0 aromatic heterocycles. The SMILES string of the molecule is CCCCCCOCC(COCCCCCC)(COS(=O)(=O)O)COS(=O)(=O)O. The summed E-state index contributed by atoms with van der Waals surface area (Å²) in [5, 5.41) is 0. The lowest BCUT2D eigenvalue weighted by atomic mass is 9.92. The van der Waals surface area contributed by atoms with E-state index in [0.29, 0.717) is 13.2 Å². The van der Waals surface area contributed by atoms with Crippen molar-refractivity contribution in [2.24, 2.45) is 5.41 Å². The quantitative estimate of drug-likeness (QED) is 0.204. The summed E-state index contributed by atoms with van der Waals surface area (Å²) in [7, 11) is -9.55. The molecule has 176 valence electrons. The zero-order valence-electron chi connectivity index (χ0n) is 17.4. The van der Waals surface area contributed by atoms with Crippen molar-refractivity contribution in [1.82, 2.24) is 0 Å². The summed E-state index contributed by atoms with van der Waals surface area (Å²) in [6.45, 7) is 3.34. The van der Waals surface area contributed by atoms with Crippen molar-refractivity contribution in [2.75, 3.05) is 39.6 Å². The Morgan fingerprint density at radius 1 is 0.621 bits per heavy atom. The first-order chi connectivity index (χ1) is 13.5. The van der Waals surface area contributed by atoms with E-state index in [-0.39, 0.29) is 13.2 Å². The molecular formula is C17H36O10S2. The first-order valence-electron chi connectivity index (χ1n) is 9.93. The lowest BCUT2D eigenvalue weighted by Gasteiger charge is -2.31. The molecule has 0 atom stereocenters. The summed E-state index contributed by atoms with van der Waals surface area (Å²) in [6, 6.07) is 0. The normalized spacial score (nSPS) is 13.1. The Hall–Kier alpha value is -0.340. The van der Waals surface area contributed by atoms with Crippen LogP contribution in [-0.2, 0) is 38.6 Å². The molecule has 0 radical (unpaired) electrons. The van der Waals surface area contributed by atoms with Gasteiger partial charge in [0.2, 0.25) is 0 Å². The summed E-state index contributed by atoms with van der Waals surface area (Å²) >= 11 is 0. The Balaban J connectivity index is 5.00. The van der Waals surface area contributed by atoms with Gasteiger partial charge < -0.3 is 9.47 Å². The van der Waals surface area contributed by atoms with Gasteiger partial charge in [-0.3, -0.25) is 9.11 Å². The van der Waals surface area contributed by atoms with E-state index in [2.05, 4.69) is 22.2 Å². The monoisotopic (exact) mass is 464 g/mol. The van der Waals surface area contributed by atoms with E-state index in [1.165, 1.54) is 0 Å². The van der Waals surface area contributed by atoms with Crippen molar-refractivity contribution >= 4 is 20.8 Å². The minimum Gasteiger partial charge on any atom is -0.381 e. The van der Waals surface area contributed by atoms with Gasteiger partial charge in [-0.05, 0) is 12.8 Å². The molecule has 0 fully saturated rings. The highest BCUT2D eigenvalue weighted by Gasteiger charge is 2.36. The molecule has 10 nitrogen and oxygen atoms in total. The molecule has 0 bridgehead atoms. The van der Waals surface area contributed by atoms with Gasteiger partial charge in [0.05, 0.1) is 31.8 Å². The Morgan fingerprint density at radius 2 is 1.00 bits per heavy atom. The molecule has 0 aromatic carbocycles. The number of hydrogen-bond donors (Lipinski definition) is 2. The molecule has 12 heteroatoms. The molecule has 0 amide bonds. The number of ether oxygens (including phenoxy) is 2. The van der Waals surface area contributed by atoms with Gasteiger partial charge in [0.1, 0.15) is 0 Å². The van der Waals surface area contributed by atoms with Gasteiger partial charge in [-0.1, -0.05) is 52.4 Å². The molecule has 0 rings (SSSR count). The molecule has 0 aliphatic rings. The second-order valence-electron chi connectivity index (χ2n) is 7.11. The molecule has 0 aliphatic carbocycles. The third-order valence-corrected chi connectivity index (χ3v) is 4.96. The largest absolute Gasteiger partial charge is 0.397 e. The average molecular weight is 465 g/mol. The number of unbranched alkanes of at least 4 members (excludes halogenated alkanes) is 6. The summed E-state index contributed by atoms with van der Waals surface area (Å²) < 4.78 is 82.0. The molecule has 0 saturated heterocycles. The van der Waals surface area contributed by atoms with E-state index in [1.54, 1.807) is 0 Å². The molecule has 0 aliphatic heterocycles. The molecule has 0 spiro atoms. The highest BCUT2D eigenvalue weighted by Crippen LogP contribution is 2.23. The zero-order chi connectivity index (χ0) is 22.2. The molecule has 0 aromatic rings. The van der Waals surface area contributed by atoms with Gasteiger partial charge in [0, 0.05) is 13.2 Å². The molecule has 0 unspecified atom stereocenters. The minimum atomic E-state index is -4.77. The van der Waals surface area contributed by atoms with Crippen LogP contribution in [0.2, 0.25) is 0 Å². The van der Waals surface area contributed by atoms with Crippen LogP contribution in [0.4, 0.5) is 0 Å². The second-order valence-corrected chi connectivity index (χ2v) is 9.29. The number of hydrogen-bond acceptors (Lipinski definition) is 8. The minimum absolute atomic E-state index is 0.140. The van der Waals surface area contributed by atoms with E-state index >= 15 is 0 Å². The standard InChI is InChI=1S/C17H36O10S2/c1-3-5-7-9-11-24-13-17(15-26-28(18,19)20,16-27-29(21,22)23)14-25-12-10-8-6-4-2/h3-16H2,1-2H3,(H,18,19,20)(H,21,22,23). The van der Waals surface area contributed by atoms with Crippen molar-refractivity contribution in [3.05, 3.63) is 0 Å². The molecule has 0 heterocycles. The fourth-order valence-electron chi connectivity index (χ4n) is 2.49. The average Bonchev–Trinajstić information content (AvgIpc) is 2.62. The maximum absolute atomic E-state index is 11.0. The number of rotatable bonds is 20. The molecular weight excluding hydrogens is 428 g/mol. The van der Waals surface area contributed by atoms with E-state index in [1.807, 2.05) is 0 Å². The summed E-state index contributed by atoms with van der Waals surface area (Å²) in [6.07, 6.45) is 7.68. The third kappa shape index (κ3) is 18.2. The maximum Gasteiger partial charge on any atom is 0.397 e. The van der Waals surface area contributed by atoms with E-state index in [0.717, 1.165) is 51.4 Å². The third-order valence-electron chi connectivity index (χ3n) is 4.13. The van der Waals surface area contributed by atoms with Crippen molar-refractivity contribution < 1.29 is 43.8 Å². The maximum atomic E-state index is 11.0. The fraction of sp³-hybridized carbons (Fsp3) is 1.00. The Labute approximate surface area is 175 Å². The first-order valence-corrected chi connectivity index (χ1v) is 12.7. The van der Waals surface area contributed by atoms with Crippen molar-refractivity contribution in [1.29, 1.82) is 0 Å². The van der Waals surface area contributed by atoms with Crippen molar-refractivity contribution in [3.63, 3.8) is 0 Å². The van der Waals surface area contributed by atoms with Gasteiger partial charge in [0.15, 0.2) is 0 Å². The van der Waals surface area contributed by atoms with Crippen LogP contribution in [-0.4, -0.2) is 65.6 Å². The lowest BCUT2D eigenvalue weighted by Crippen LogP contribution is -2.43. The van der Waals surface area contributed by atoms with Crippen LogP contribution in [0.3, 0.4) is 0 Å². The van der Waals surface area contributed by atoms with Gasteiger partial charge in [-0.15, -0.1) is 0 Å². The van der Waals surface area contributed by atoms with Gasteiger partial charge in [0.25, 0.3) is 0 Å². The van der Waals surface area contributed by atoms with Gasteiger partial charge in [-0.25, -0.2) is 8.37 Å². The Kier molecular flexibility index (Phi) is 15.3. The summed E-state index contributed by atoms with van der Waals surface area (Å²) in [5.41, 5.74) is -1.36. The summed E-state index contributed by atoms with van der Waals surface area (Å²) in [5.74, 6) is 0. The van der Waals surface area contributed by atoms with Crippen LogP contribution >= 0.6 is 0 Å². The van der Waals surface area contributed by atoms with Gasteiger partial charge in [-0.2, -0.15) is 16.8 Å². The van der Waals surface area contributed by atoms with E-state index in [4.69, 9.17) is 18.6 Å². The Bertz CT molecular complexity index is 550. The van der Waals surface area contributed by atoms with Crippen LogP contribution in [0.1, 0.15) is 65.2 Å². The highest BCUT2D eigenvalue weighted by molar-refractivity contribution is 7.81. The van der Waals surface area contributed by atoms with Crippen molar-refractivity contribution in [2.45, 2.75) is 65.2 Å². The van der Waals surface area contributed by atoms with Crippen LogP contribution < -0.4 is 0 Å². The molecule has 2 N–H and O–H groups in total. The zero-order valence-corrected chi connectivity index (χ0v) is 19.0. The highest BCUT2D eigenvalue weighted by atomic mass is 32.3. The van der Waals surface area contributed by atoms with E-state index in [9.17, 15) is 16.8 Å². The van der Waals surface area contributed by atoms with Crippen LogP contribution in [0.25, 0.3) is 0 Å². The predicted octanol–water partition coefficient (Wildman–Crippen LogP) is 2.81. The fourth-order valence-corrected chi connectivity index (χ4v) is 3.29. The molecule has 29 heavy (non-hydrogen) atoms. The van der Waals surface area contributed by atoms with E-state index < -0.39 is 39.4 Å². The smallest absolute Gasteiger partial charge is 0.381 e. The second kappa shape index (κ2) is 15.5. The first kappa shape index (κ1) is 28.7. The predicted molar refractivity (Wildman–Crippen MR) is 107 cm³/mol. The molecule has 0 saturated carbocycles. The Morgan fingerprint density at radius 3 is 1.31 bits per heavy atom. The lowest BCUT2D eigenvalue weighted by molar-refractivity contribution is -0.0683.